The van der Waals surface area contributed by atoms with Crippen LogP contribution in [0.5, 0.6) is 0 Å². The third kappa shape index (κ3) is 3.35. The maximum Gasteiger partial charge on any atom is 0.225 e. The van der Waals surface area contributed by atoms with Crippen LogP contribution in [0.1, 0.15) is 33.0 Å². The van der Waals surface area contributed by atoms with Crippen molar-refractivity contribution < 1.29 is 4.79 Å². The number of hydrogen-bond acceptors (Lipinski definition) is 4. The van der Waals surface area contributed by atoms with Gasteiger partial charge >= 0.3 is 0 Å². The lowest BCUT2D eigenvalue weighted by Gasteiger charge is -2.32. The SMILES string of the molecule is Cc1nc(Cl)cc(NC2CC(=O)N(C(C)(C)C)C2)n1. The highest BCUT2D eigenvalue weighted by Gasteiger charge is 2.36. The van der Waals surface area contributed by atoms with Crippen LogP contribution in [0.3, 0.4) is 0 Å². The second kappa shape index (κ2) is 4.96. The number of rotatable bonds is 2. The summed E-state index contributed by atoms with van der Waals surface area (Å²) < 4.78 is 0. The number of aryl methyl sites for hydroxylation is 1. The van der Waals surface area contributed by atoms with E-state index < -0.39 is 0 Å². The highest BCUT2D eigenvalue weighted by molar-refractivity contribution is 6.29. The van der Waals surface area contributed by atoms with Gasteiger partial charge < -0.3 is 10.2 Å². The molecule has 0 radical (unpaired) electrons. The van der Waals surface area contributed by atoms with Crippen molar-refractivity contribution in [1.82, 2.24) is 14.9 Å². The molecule has 1 aromatic heterocycles. The summed E-state index contributed by atoms with van der Waals surface area (Å²) in [6, 6.07) is 1.75. The number of likely N-dealkylation sites (tertiary alicyclic amines) is 1. The van der Waals surface area contributed by atoms with Crippen LogP contribution in [0.15, 0.2) is 6.07 Å². The van der Waals surface area contributed by atoms with E-state index in [4.69, 9.17) is 11.6 Å². The molecule has 1 unspecified atom stereocenters. The molecule has 0 spiro atoms. The van der Waals surface area contributed by atoms with Gasteiger partial charge in [0.05, 0.1) is 6.04 Å². The fourth-order valence-electron chi connectivity index (χ4n) is 2.27. The molecule has 1 aliphatic heterocycles. The van der Waals surface area contributed by atoms with Gasteiger partial charge in [0.2, 0.25) is 5.91 Å². The number of halogens is 1. The van der Waals surface area contributed by atoms with Gasteiger partial charge in [-0.15, -0.1) is 0 Å². The van der Waals surface area contributed by atoms with E-state index in [1.54, 1.807) is 13.0 Å². The third-order valence-electron chi connectivity index (χ3n) is 3.09. The summed E-state index contributed by atoms with van der Waals surface area (Å²) in [7, 11) is 0. The van der Waals surface area contributed by atoms with Crippen molar-refractivity contribution in [2.45, 2.75) is 45.7 Å². The van der Waals surface area contributed by atoms with Gasteiger partial charge in [0, 0.05) is 24.6 Å². The monoisotopic (exact) mass is 282 g/mol. The van der Waals surface area contributed by atoms with Gasteiger partial charge in [-0.05, 0) is 27.7 Å². The molecule has 19 heavy (non-hydrogen) atoms. The Labute approximate surface area is 118 Å². The predicted octanol–water partition coefficient (Wildman–Crippen LogP) is 2.25. The minimum absolute atomic E-state index is 0.0668. The number of carbonyl (C=O) groups is 1. The Balaban J connectivity index is 2.07. The van der Waals surface area contributed by atoms with Crippen molar-refractivity contribution in [2.75, 3.05) is 11.9 Å². The van der Waals surface area contributed by atoms with Crippen LogP contribution in [0, 0.1) is 6.92 Å². The van der Waals surface area contributed by atoms with Crippen LogP contribution < -0.4 is 5.32 Å². The average molecular weight is 283 g/mol. The molecule has 1 fully saturated rings. The van der Waals surface area contributed by atoms with Crippen molar-refractivity contribution in [3.63, 3.8) is 0 Å². The first-order valence-corrected chi connectivity index (χ1v) is 6.72. The van der Waals surface area contributed by atoms with Gasteiger partial charge in [-0.3, -0.25) is 4.79 Å². The molecule has 1 atom stereocenters. The van der Waals surface area contributed by atoms with Gasteiger partial charge in [0.1, 0.15) is 16.8 Å². The summed E-state index contributed by atoms with van der Waals surface area (Å²) in [5.74, 6) is 1.46. The van der Waals surface area contributed by atoms with E-state index in [1.807, 2.05) is 25.7 Å². The number of amides is 1. The molecule has 0 aliphatic carbocycles. The zero-order valence-electron chi connectivity index (χ0n) is 11.7. The first kappa shape index (κ1) is 14.1. The van der Waals surface area contributed by atoms with E-state index in [-0.39, 0.29) is 17.5 Å². The zero-order valence-corrected chi connectivity index (χ0v) is 12.5. The van der Waals surface area contributed by atoms with Crippen molar-refractivity contribution in [2.24, 2.45) is 0 Å². The molecule has 1 saturated heterocycles. The van der Waals surface area contributed by atoms with E-state index in [0.29, 0.717) is 29.8 Å². The van der Waals surface area contributed by atoms with Crippen LogP contribution in [-0.4, -0.2) is 38.9 Å². The molecule has 1 aromatic rings. The molecule has 2 heterocycles. The number of aromatic nitrogens is 2. The maximum absolute atomic E-state index is 12.0. The highest BCUT2D eigenvalue weighted by atomic mass is 35.5. The molecule has 1 N–H and O–H groups in total. The summed E-state index contributed by atoms with van der Waals surface area (Å²) in [5, 5.41) is 3.67. The number of nitrogens with one attached hydrogen (secondary N) is 1. The quantitative estimate of drug-likeness (QED) is 0.845. The smallest absolute Gasteiger partial charge is 0.225 e. The molecule has 1 amide bonds. The van der Waals surface area contributed by atoms with E-state index in [1.165, 1.54) is 0 Å². The lowest BCUT2D eigenvalue weighted by molar-refractivity contribution is -0.131. The van der Waals surface area contributed by atoms with Crippen molar-refractivity contribution in [3.8, 4) is 0 Å². The minimum Gasteiger partial charge on any atom is -0.365 e. The average Bonchev–Trinajstić information content (AvgIpc) is 2.57. The number of hydrogen-bond donors (Lipinski definition) is 1. The van der Waals surface area contributed by atoms with Gasteiger partial charge in [-0.25, -0.2) is 9.97 Å². The van der Waals surface area contributed by atoms with Crippen LogP contribution in [0.2, 0.25) is 5.15 Å². The van der Waals surface area contributed by atoms with E-state index in [9.17, 15) is 4.79 Å². The lowest BCUT2D eigenvalue weighted by Crippen LogP contribution is -2.43. The Morgan fingerprint density at radius 3 is 2.63 bits per heavy atom. The molecule has 5 nitrogen and oxygen atoms in total. The minimum atomic E-state index is -0.146. The standard InChI is InChI=1S/C13H19ClN4O/c1-8-15-10(14)6-11(16-8)17-9-5-12(19)18(7-9)13(2,3)4/h6,9H,5,7H2,1-4H3,(H,15,16,17). The summed E-state index contributed by atoms with van der Waals surface area (Å²) in [5.41, 5.74) is -0.146. The Bertz CT molecular complexity index is 478. The molecule has 1 aliphatic rings. The molecular weight excluding hydrogens is 264 g/mol. The second-order valence-electron chi connectivity index (χ2n) is 5.84. The molecule has 0 bridgehead atoms. The number of carbonyl (C=O) groups excluding carboxylic acids is 1. The molecule has 0 aromatic carbocycles. The Hall–Kier alpha value is -1.36. The van der Waals surface area contributed by atoms with Crippen LogP contribution in [0.25, 0.3) is 0 Å². The fourth-order valence-corrected chi connectivity index (χ4v) is 2.49. The van der Waals surface area contributed by atoms with Crippen LogP contribution in [-0.2, 0) is 4.79 Å². The van der Waals surface area contributed by atoms with Crippen molar-refractivity contribution >= 4 is 23.3 Å². The summed E-state index contributed by atoms with van der Waals surface area (Å²) in [6.45, 7) is 8.60. The van der Waals surface area contributed by atoms with Gasteiger partial charge in [-0.2, -0.15) is 0 Å². The first-order chi connectivity index (χ1) is 8.75. The summed E-state index contributed by atoms with van der Waals surface area (Å²) >= 11 is 5.90. The molecular formula is C13H19ClN4O. The molecule has 104 valence electrons. The predicted molar refractivity (Wildman–Crippen MR) is 75.3 cm³/mol. The largest absolute Gasteiger partial charge is 0.365 e. The number of nitrogens with zero attached hydrogens (tertiary/aromatic N) is 3. The number of anilines is 1. The third-order valence-corrected chi connectivity index (χ3v) is 3.29. The van der Waals surface area contributed by atoms with Crippen molar-refractivity contribution in [1.29, 1.82) is 0 Å². The topological polar surface area (TPSA) is 58.1 Å². The summed E-state index contributed by atoms with van der Waals surface area (Å²) in [4.78, 5) is 22.2. The van der Waals surface area contributed by atoms with Gasteiger partial charge in [0.15, 0.2) is 0 Å². The van der Waals surface area contributed by atoms with Gasteiger partial charge in [0.25, 0.3) is 0 Å². The first-order valence-electron chi connectivity index (χ1n) is 6.34. The Kier molecular flexibility index (Phi) is 3.67. The van der Waals surface area contributed by atoms with Gasteiger partial charge in [-0.1, -0.05) is 11.6 Å². The highest BCUT2D eigenvalue weighted by Crippen LogP contribution is 2.24. The lowest BCUT2D eigenvalue weighted by atomic mass is 10.1. The summed E-state index contributed by atoms with van der Waals surface area (Å²) in [6.07, 6.45) is 0.484. The second-order valence-corrected chi connectivity index (χ2v) is 6.23. The Morgan fingerprint density at radius 1 is 1.42 bits per heavy atom. The molecule has 2 rings (SSSR count). The normalized spacial score (nSPS) is 19.9. The zero-order chi connectivity index (χ0) is 14.2. The Morgan fingerprint density at radius 2 is 2.11 bits per heavy atom. The maximum atomic E-state index is 12.0. The van der Waals surface area contributed by atoms with E-state index in [2.05, 4.69) is 15.3 Å². The van der Waals surface area contributed by atoms with Crippen LogP contribution >= 0.6 is 11.6 Å². The van der Waals surface area contributed by atoms with Crippen LogP contribution in [0.4, 0.5) is 5.82 Å². The molecule has 6 heteroatoms. The van der Waals surface area contributed by atoms with E-state index in [0.717, 1.165) is 0 Å². The van der Waals surface area contributed by atoms with E-state index >= 15 is 0 Å². The molecule has 0 saturated carbocycles. The fraction of sp³-hybridized carbons (Fsp3) is 0.615. The van der Waals surface area contributed by atoms with Crippen molar-refractivity contribution in [3.05, 3.63) is 17.0 Å².